The molecule has 1 aromatic rings. The first-order valence-electron chi connectivity index (χ1n) is 5.69. The fourth-order valence-electron chi connectivity index (χ4n) is 1.92. The number of rotatable bonds is 3. The van der Waals surface area contributed by atoms with Crippen molar-refractivity contribution in [2.45, 2.75) is 19.4 Å². The van der Waals surface area contributed by atoms with Gasteiger partial charge in [0.05, 0.1) is 11.7 Å². The van der Waals surface area contributed by atoms with E-state index in [0.717, 1.165) is 13.0 Å². The summed E-state index contributed by atoms with van der Waals surface area (Å²) in [5, 5.41) is 3.11. The summed E-state index contributed by atoms with van der Waals surface area (Å²) in [4.78, 5) is 15.7. The van der Waals surface area contributed by atoms with E-state index in [1.807, 2.05) is 6.92 Å². The first-order chi connectivity index (χ1) is 8.18. The Morgan fingerprint density at radius 2 is 2.53 bits per heavy atom. The highest BCUT2D eigenvalue weighted by Crippen LogP contribution is 2.19. The summed E-state index contributed by atoms with van der Waals surface area (Å²) in [6, 6.07) is 3.36. The quantitative estimate of drug-likeness (QED) is 0.838. The van der Waals surface area contributed by atoms with Gasteiger partial charge in [-0.25, -0.2) is 4.98 Å². The highest BCUT2D eigenvalue weighted by Gasteiger charge is 2.24. The van der Waals surface area contributed by atoms with Gasteiger partial charge >= 0.3 is 0 Å². The maximum absolute atomic E-state index is 11.9. The van der Waals surface area contributed by atoms with E-state index in [1.54, 1.807) is 18.3 Å². The smallest absolute Gasteiger partial charge is 0.254 e. The minimum absolute atomic E-state index is 0.179. The summed E-state index contributed by atoms with van der Waals surface area (Å²) in [6.07, 6.45) is 2.76. The number of hydrogen-bond donors (Lipinski definition) is 1. The Kier molecular flexibility index (Phi) is 3.97. The summed E-state index contributed by atoms with van der Waals surface area (Å²) in [7, 11) is 0. The summed E-state index contributed by atoms with van der Waals surface area (Å²) in [5.41, 5.74) is 0.417. The van der Waals surface area contributed by atoms with Gasteiger partial charge in [0.2, 0.25) is 0 Å². The second-order valence-electron chi connectivity index (χ2n) is 4.18. The predicted molar refractivity (Wildman–Crippen MR) is 65.1 cm³/mol. The highest BCUT2D eigenvalue weighted by atomic mass is 35.5. The van der Waals surface area contributed by atoms with Crippen LogP contribution in [0.2, 0.25) is 5.15 Å². The Hall–Kier alpha value is -1.13. The zero-order chi connectivity index (χ0) is 12.3. The lowest BCUT2D eigenvalue weighted by Gasteiger charge is -2.14. The number of nitrogens with one attached hydrogen (secondary N) is 1. The molecule has 1 aliphatic heterocycles. The summed E-state index contributed by atoms with van der Waals surface area (Å²) in [6.45, 7) is 3.42. The number of carbonyl (C=O) groups is 1. The van der Waals surface area contributed by atoms with Crippen LogP contribution >= 0.6 is 11.6 Å². The fourth-order valence-corrected chi connectivity index (χ4v) is 2.12. The van der Waals surface area contributed by atoms with Crippen LogP contribution in [0.3, 0.4) is 0 Å². The SMILES string of the molecule is CC1OCCC1CNC(=O)c1cccnc1Cl. The average Bonchev–Trinajstić information content (AvgIpc) is 2.72. The lowest BCUT2D eigenvalue weighted by molar-refractivity contribution is 0.0907. The molecule has 1 N–H and O–H groups in total. The van der Waals surface area contributed by atoms with Crippen LogP contribution in [0.15, 0.2) is 18.3 Å². The minimum atomic E-state index is -0.179. The molecule has 1 fully saturated rings. The van der Waals surface area contributed by atoms with Crippen molar-refractivity contribution in [2.75, 3.05) is 13.2 Å². The van der Waals surface area contributed by atoms with Crippen LogP contribution in [0, 0.1) is 5.92 Å². The molecular formula is C12H15ClN2O2. The zero-order valence-electron chi connectivity index (χ0n) is 9.65. The molecule has 0 saturated carbocycles. The number of aromatic nitrogens is 1. The second kappa shape index (κ2) is 5.47. The average molecular weight is 255 g/mol. The Bertz CT molecular complexity index is 411. The highest BCUT2D eigenvalue weighted by molar-refractivity contribution is 6.32. The van der Waals surface area contributed by atoms with Crippen LogP contribution in [0.4, 0.5) is 0 Å². The van der Waals surface area contributed by atoms with E-state index in [4.69, 9.17) is 16.3 Å². The molecule has 2 atom stereocenters. The molecule has 0 bridgehead atoms. The zero-order valence-corrected chi connectivity index (χ0v) is 10.4. The third-order valence-corrected chi connectivity index (χ3v) is 3.36. The van der Waals surface area contributed by atoms with Crippen LogP contribution in [0.5, 0.6) is 0 Å². The second-order valence-corrected chi connectivity index (χ2v) is 4.53. The van der Waals surface area contributed by atoms with Crippen LogP contribution in [-0.2, 0) is 4.74 Å². The molecule has 1 saturated heterocycles. The van der Waals surface area contributed by atoms with Gasteiger partial charge in [-0.05, 0) is 25.5 Å². The van der Waals surface area contributed by atoms with Gasteiger partial charge in [-0.2, -0.15) is 0 Å². The van der Waals surface area contributed by atoms with Gasteiger partial charge in [-0.1, -0.05) is 11.6 Å². The van der Waals surface area contributed by atoms with Gasteiger partial charge in [0.15, 0.2) is 0 Å². The molecular weight excluding hydrogens is 240 g/mol. The first kappa shape index (κ1) is 12.3. The van der Waals surface area contributed by atoms with Gasteiger partial charge in [0.25, 0.3) is 5.91 Å². The number of hydrogen-bond acceptors (Lipinski definition) is 3. The lowest BCUT2D eigenvalue weighted by Crippen LogP contribution is -2.32. The molecule has 1 aromatic heterocycles. The third-order valence-electron chi connectivity index (χ3n) is 3.06. The summed E-state index contributed by atoms with van der Waals surface area (Å²) < 4.78 is 5.44. The van der Waals surface area contributed by atoms with Gasteiger partial charge in [-0.15, -0.1) is 0 Å². The topological polar surface area (TPSA) is 51.2 Å². The number of nitrogens with zero attached hydrogens (tertiary/aromatic N) is 1. The molecule has 0 radical (unpaired) electrons. The molecule has 1 amide bonds. The minimum Gasteiger partial charge on any atom is -0.378 e. The van der Waals surface area contributed by atoms with E-state index in [2.05, 4.69) is 10.3 Å². The number of pyridine rings is 1. The van der Waals surface area contributed by atoms with E-state index in [9.17, 15) is 4.79 Å². The standard InChI is InChI=1S/C12H15ClN2O2/c1-8-9(4-6-17-8)7-15-12(16)10-3-2-5-14-11(10)13/h2-3,5,8-9H,4,6-7H2,1H3,(H,15,16). The van der Waals surface area contributed by atoms with Crippen molar-refractivity contribution in [1.82, 2.24) is 10.3 Å². The van der Waals surface area contributed by atoms with E-state index < -0.39 is 0 Å². The van der Waals surface area contributed by atoms with E-state index in [1.165, 1.54) is 0 Å². The largest absolute Gasteiger partial charge is 0.378 e. The maximum Gasteiger partial charge on any atom is 0.254 e. The van der Waals surface area contributed by atoms with Crippen LogP contribution in [0.1, 0.15) is 23.7 Å². The lowest BCUT2D eigenvalue weighted by atomic mass is 10.0. The number of amides is 1. The molecule has 0 aromatic carbocycles. The molecule has 17 heavy (non-hydrogen) atoms. The molecule has 4 nitrogen and oxygen atoms in total. The molecule has 2 rings (SSSR count). The number of ether oxygens (including phenoxy) is 1. The Morgan fingerprint density at radius 1 is 1.71 bits per heavy atom. The van der Waals surface area contributed by atoms with Crippen molar-refractivity contribution in [3.8, 4) is 0 Å². The predicted octanol–water partition coefficient (Wildman–Crippen LogP) is 1.89. The normalized spacial score (nSPS) is 23.6. The van der Waals surface area contributed by atoms with Crippen molar-refractivity contribution >= 4 is 17.5 Å². The van der Waals surface area contributed by atoms with Crippen molar-refractivity contribution in [3.05, 3.63) is 29.0 Å². The molecule has 92 valence electrons. The Balaban J connectivity index is 1.91. The van der Waals surface area contributed by atoms with Gasteiger partial charge < -0.3 is 10.1 Å². The van der Waals surface area contributed by atoms with Gasteiger partial charge in [-0.3, -0.25) is 4.79 Å². The number of carbonyl (C=O) groups excluding carboxylic acids is 1. The number of halogens is 1. The Labute approximate surface area is 105 Å². The van der Waals surface area contributed by atoms with E-state index in [-0.39, 0.29) is 17.2 Å². The molecule has 2 heterocycles. The van der Waals surface area contributed by atoms with Crippen LogP contribution in [-0.4, -0.2) is 30.1 Å². The molecule has 2 unspecified atom stereocenters. The third kappa shape index (κ3) is 2.96. The van der Waals surface area contributed by atoms with E-state index in [0.29, 0.717) is 18.0 Å². The fraction of sp³-hybridized carbons (Fsp3) is 0.500. The van der Waals surface area contributed by atoms with Crippen molar-refractivity contribution < 1.29 is 9.53 Å². The van der Waals surface area contributed by atoms with Crippen molar-refractivity contribution in [3.63, 3.8) is 0 Å². The van der Waals surface area contributed by atoms with Gasteiger partial charge in [0.1, 0.15) is 5.15 Å². The summed E-state index contributed by atoms with van der Waals surface area (Å²) >= 11 is 5.85. The van der Waals surface area contributed by atoms with Crippen LogP contribution in [0.25, 0.3) is 0 Å². The molecule has 0 spiro atoms. The molecule has 0 aliphatic carbocycles. The Morgan fingerprint density at radius 3 is 3.18 bits per heavy atom. The molecule has 5 heteroatoms. The van der Waals surface area contributed by atoms with Crippen LogP contribution < -0.4 is 5.32 Å². The van der Waals surface area contributed by atoms with Gasteiger partial charge in [0, 0.05) is 25.3 Å². The van der Waals surface area contributed by atoms with Crippen molar-refractivity contribution in [1.29, 1.82) is 0 Å². The summed E-state index contributed by atoms with van der Waals surface area (Å²) in [5.74, 6) is 0.205. The first-order valence-corrected chi connectivity index (χ1v) is 6.06. The maximum atomic E-state index is 11.9. The molecule has 1 aliphatic rings. The van der Waals surface area contributed by atoms with Crippen molar-refractivity contribution in [2.24, 2.45) is 5.92 Å². The monoisotopic (exact) mass is 254 g/mol. The van der Waals surface area contributed by atoms with E-state index >= 15 is 0 Å².